The maximum atomic E-state index is 12.7. The molecule has 28 heavy (non-hydrogen) atoms. The molecule has 3 N–H and O–H groups in total. The van der Waals surface area contributed by atoms with Gasteiger partial charge >= 0.3 is 0 Å². The molecule has 1 atom stereocenters. The average Bonchev–Trinajstić information content (AvgIpc) is 3.19. The smallest absolute Gasteiger partial charge is 0.268 e. The van der Waals surface area contributed by atoms with Gasteiger partial charge in [-0.2, -0.15) is 0 Å². The molecule has 0 spiro atoms. The molecule has 0 saturated carbocycles. The van der Waals surface area contributed by atoms with E-state index in [1.54, 1.807) is 54.6 Å². The van der Waals surface area contributed by atoms with Gasteiger partial charge in [-0.1, -0.05) is 31.2 Å². The Hall–Kier alpha value is -3.32. The zero-order valence-corrected chi connectivity index (χ0v) is 15.5. The zero-order chi connectivity index (χ0) is 19.9. The van der Waals surface area contributed by atoms with E-state index in [-0.39, 0.29) is 19.1 Å². The lowest BCUT2D eigenvalue weighted by atomic mass is 10.1. The standard InChI is InChI=1S/C21H22N2O5/c1-2-16(12-24)22-21(26)17(23-20(25)15-6-4-3-5-7-15)10-14-8-9-18-19(11-14)28-13-27-18/h3-11,16,24H,2,12-13H2,1H3,(H,22,26)(H,23,25). The minimum atomic E-state index is -0.483. The van der Waals surface area contributed by atoms with E-state index in [1.807, 2.05) is 6.92 Å². The number of benzene rings is 2. The Morgan fingerprint density at radius 3 is 2.61 bits per heavy atom. The van der Waals surface area contributed by atoms with Crippen LogP contribution in [0.3, 0.4) is 0 Å². The summed E-state index contributed by atoms with van der Waals surface area (Å²) in [5.41, 5.74) is 1.17. The van der Waals surface area contributed by atoms with Crippen LogP contribution in [-0.4, -0.2) is 36.4 Å². The number of nitrogens with one attached hydrogen (secondary N) is 2. The van der Waals surface area contributed by atoms with E-state index in [9.17, 15) is 14.7 Å². The minimum absolute atomic E-state index is 0.0691. The first-order chi connectivity index (χ1) is 13.6. The Bertz CT molecular complexity index is 876. The summed E-state index contributed by atoms with van der Waals surface area (Å²) in [4.78, 5) is 25.3. The second-order valence-electron chi connectivity index (χ2n) is 6.25. The van der Waals surface area contributed by atoms with Gasteiger partial charge in [0, 0.05) is 5.56 Å². The highest BCUT2D eigenvalue weighted by molar-refractivity contribution is 6.05. The number of rotatable bonds is 7. The van der Waals surface area contributed by atoms with E-state index in [4.69, 9.17) is 9.47 Å². The van der Waals surface area contributed by atoms with Crippen LogP contribution in [0.1, 0.15) is 29.3 Å². The van der Waals surface area contributed by atoms with E-state index in [2.05, 4.69) is 10.6 Å². The fourth-order valence-corrected chi connectivity index (χ4v) is 2.65. The Labute approximate surface area is 163 Å². The van der Waals surface area contributed by atoms with Crippen molar-refractivity contribution >= 4 is 17.9 Å². The predicted molar refractivity (Wildman–Crippen MR) is 104 cm³/mol. The molecule has 1 aliphatic rings. The normalized spacial score (nSPS) is 13.7. The zero-order valence-electron chi connectivity index (χ0n) is 15.5. The van der Waals surface area contributed by atoms with Gasteiger partial charge in [-0.3, -0.25) is 9.59 Å². The van der Waals surface area contributed by atoms with Gasteiger partial charge in [0.25, 0.3) is 11.8 Å². The third kappa shape index (κ3) is 4.69. The van der Waals surface area contributed by atoms with Crippen LogP contribution in [0.4, 0.5) is 0 Å². The second-order valence-corrected chi connectivity index (χ2v) is 6.25. The number of carbonyl (C=O) groups excluding carboxylic acids is 2. The largest absolute Gasteiger partial charge is 0.454 e. The highest BCUT2D eigenvalue weighted by Crippen LogP contribution is 2.33. The van der Waals surface area contributed by atoms with Gasteiger partial charge in [-0.25, -0.2) is 0 Å². The third-order valence-corrected chi connectivity index (χ3v) is 4.28. The van der Waals surface area contributed by atoms with Gasteiger partial charge in [0.2, 0.25) is 6.79 Å². The molecule has 0 fully saturated rings. The predicted octanol–water partition coefficient (Wildman–Crippen LogP) is 2.07. The van der Waals surface area contributed by atoms with Crippen molar-refractivity contribution in [1.29, 1.82) is 0 Å². The van der Waals surface area contributed by atoms with Crippen molar-refractivity contribution in [1.82, 2.24) is 10.6 Å². The molecular weight excluding hydrogens is 360 g/mol. The Balaban J connectivity index is 1.87. The molecule has 1 heterocycles. The lowest BCUT2D eigenvalue weighted by Crippen LogP contribution is -2.41. The molecule has 146 valence electrons. The van der Waals surface area contributed by atoms with Gasteiger partial charge in [0.1, 0.15) is 5.70 Å². The minimum Gasteiger partial charge on any atom is -0.454 e. The lowest BCUT2D eigenvalue weighted by molar-refractivity contribution is -0.118. The summed E-state index contributed by atoms with van der Waals surface area (Å²) >= 11 is 0. The fraction of sp³-hybridized carbons (Fsp3) is 0.238. The molecule has 0 aliphatic carbocycles. The van der Waals surface area contributed by atoms with E-state index in [0.29, 0.717) is 29.0 Å². The molecule has 1 unspecified atom stereocenters. The summed E-state index contributed by atoms with van der Waals surface area (Å²) < 4.78 is 10.6. The molecule has 2 amide bonds. The highest BCUT2D eigenvalue weighted by Gasteiger charge is 2.18. The van der Waals surface area contributed by atoms with Crippen molar-refractivity contribution in [3.05, 3.63) is 65.4 Å². The lowest BCUT2D eigenvalue weighted by Gasteiger charge is -2.16. The number of aliphatic hydroxyl groups is 1. The van der Waals surface area contributed by atoms with Crippen LogP contribution < -0.4 is 20.1 Å². The van der Waals surface area contributed by atoms with Crippen molar-refractivity contribution < 1.29 is 24.2 Å². The van der Waals surface area contributed by atoms with Crippen molar-refractivity contribution in [3.63, 3.8) is 0 Å². The fourth-order valence-electron chi connectivity index (χ4n) is 2.65. The summed E-state index contributed by atoms with van der Waals surface area (Å²) in [7, 11) is 0. The molecule has 0 radical (unpaired) electrons. The van der Waals surface area contributed by atoms with E-state index < -0.39 is 17.9 Å². The molecule has 7 nitrogen and oxygen atoms in total. The summed E-state index contributed by atoms with van der Waals surface area (Å²) in [5, 5.41) is 14.7. The first-order valence-electron chi connectivity index (χ1n) is 9.00. The number of hydrogen-bond donors (Lipinski definition) is 3. The van der Waals surface area contributed by atoms with Crippen molar-refractivity contribution in [2.75, 3.05) is 13.4 Å². The first kappa shape index (κ1) is 19.4. The van der Waals surface area contributed by atoms with E-state index >= 15 is 0 Å². The van der Waals surface area contributed by atoms with Gasteiger partial charge < -0.3 is 25.2 Å². The Morgan fingerprint density at radius 2 is 1.89 bits per heavy atom. The molecule has 0 aromatic heterocycles. The monoisotopic (exact) mass is 382 g/mol. The van der Waals surface area contributed by atoms with Crippen LogP contribution in [0.2, 0.25) is 0 Å². The van der Waals surface area contributed by atoms with Crippen LogP contribution >= 0.6 is 0 Å². The Morgan fingerprint density at radius 1 is 1.14 bits per heavy atom. The summed E-state index contributed by atoms with van der Waals surface area (Å²) in [6, 6.07) is 13.4. The maximum absolute atomic E-state index is 12.7. The topological polar surface area (TPSA) is 96.9 Å². The van der Waals surface area contributed by atoms with Gasteiger partial charge in [0.05, 0.1) is 12.6 Å². The van der Waals surface area contributed by atoms with Crippen molar-refractivity contribution in [2.45, 2.75) is 19.4 Å². The molecule has 2 aromatic rings. The third-order valence-electron chi connectivity index (χ3n) is 4.28. The van der Waals surface area contributed by atoms with Crippen LogP contribution in [0.5, 0.6) is 11.5 Å². The Kier molecular flexibility index (Phi) is 6.29. The van der Waals surface area contributed by atoms with Crippen LogP contribution in [0.15, 0.2) is 54.2 Å². The number of fused-ring (bicyclic) bond motifs is 1. The SMILES string of the molecule is CCC(CO)NC(=O)C(=Cc1ccc2c(c1)OCO2)NC(=O)c1ccccc1. The highest BCUT2D eigenvalue weighted by atomic mass is 16.7. The van der Waals surface area contributed by atoms with Crippen molar-refractivity contribution in [3.8, 4) is 11.5 Å². The number of ether oxygens (including phenoxy) is 2. The number of hydrogen-bond acceptors (Lipinski definition) is 5. The number of amides is 2. The first-order valence-corrected chi connectivity index (χ1v) is 9.00. The number of aliphatic hydroxyl groups excluding tert-OH is 1. The molecular formula is C21H22N2O5. The van der Waals surface area contributed by atoms with Gasteiger partial charge in [-0.05, 0) is 42.3 Å². The van der Waals surface area contributed by atoms with Crippen LogP contribution in [0.25, 0.3) is 6.08 Å². The summed E-state index contributed by atoms with van der Waals surface area (Å²) in [6.45, 7) is 1.81. The molecule has 0 bridgehead atoms. The van der Waals surface area contributed by atoms with Crippen LogP contribution in [-0.2, 0) is 4.79 Å². The average molecular weight is 382 g/mol. The van der Waals surface area contributed by atoms with E-state index in [0.717, 1.165) is 0 Å². The van der Waals surface area contributed by atoms with E-state index in [1.165, 1.54) is 0 Å². The van der Waals surface area contributed by atoms with Crippen LogP contribution in [0, 0.1) is 0 Å². The second kappa shape index (κ2) is 9.05. The molecule has 0 saturated heterocycles. The quantitative estimate of drug-likeness (QED) is 0.637. The molecule has 2 aromatic carbocycles. The summed E-state index contributed by atoms with van der Waals surface area (Å²) in [6.07, 6.45) is 2.12. The molecule has 7 heteroatoms. The van der Waals surface area contributed by atoms with Gasteiger partial charge in [0.15, 0.2) is 11.5 Å². The molecule has 1 aliphatic heterocycles. The maximum Gasteiger partial charge on any atom is 0.268 e. The number of carbonyl (C=O) groups is 2. The van der Waals surface area contributed by atoms with Gasteiger partial charge in [-0.15, -0.1) is 0 Å². The molecule has 3 rings (SSSR count). The van der Waals surface area contributed by atoms with Crippen molar-refractivity contribution in [2.24, 2.45) is 0 Å². The summed E-state index contributed by atoms with van der Waals surface area (Å²) in [5.74, 6) is 0.315.